The molecule has 2 amide bonds. The van der Waals surface area contributed by atoms with Gasteiger partial charge in [-0.3, -0.25) is 4.79 Å². The zero-order valence-electron chi connectivity index (χ0n) is 19.0. The van der Waals surface area contributed by atoms with Crippen LogP contribution in [0.25, 0.3) is 11.1 Å². The second-order valence-electron chi connectivity index (χ2n) is 9.11. The maximum absolute atomic E-state index is 12.8. The Hall–Kier alpha value is -3.35. The molecule has 0 aromatic heterocycles. The number of fused-ring (bicyclic) bond motifs is 3. The summed E-state index contributed by atoms with van der Waals surface area (Å²) in [6, 6.07) is 15.0. The van der Waals surface area contributed by atoms with E-state index in [1.54, 1.807) is 0 Å². The third-order valence-electron chi connectivity index (χ3n) is 6.70. The van der Waals surface area contributed by atoms with Gasteiger partial charge in [-0.25, -0.2) is 9.59 Å². The second-order valence-corrected chi connectivity index (χ2v) is 9.11. The highest BCUT2D eigenvalue weighted by Crippen LogP contribution is 2.44. The van der Waals surface area contributed by atoms with Crippen molar-refractivity contribution in [1.29, 1.82) is 0 Å². The summed E-state index contributed by atoms with van der Waals surface area (Å²) in [6.07, 6.45) is 0.618. The molecule has 2 aromatic rings. The third-order valence-corrected chi connectivity index (χ3v) is 6.70. The normalized spacial score (nSPS) is 18.0. The molecule has 1 aliphatic heterocycles. The Kier molecular flexibility index (Phi) is 6.67. The fraction of sp³-hybridized carbons (Fsp3) is 0.423. The number of amides is 2. The minimum Gasteiger partial charge on any atom is -0.480 e. The van der Waals surface area contributed by atoms with Crippen LogP contribution in [0.3, 0.4) is 0 Å². The molecule has 0 spiro atoms. The topological polar surface area (TPSA) is 95.9 Å². The van der Waals surface area contributed by atoms with E-state index < -0.39 is 24.1 Å². The van der Waals surface area contributed by atoms with E-state index in [9.17, 15) is 19.5 Å². The SMILES string of the molecule is CC(C)[C@@H](CC(=O)N1CCC[C@H]1C(=O)O)NC(=O)OCC1c2ccccc2-c2ccccc21. The lowest BCUT2D eigenvalue weighted by Crippen LogP contribution is -2.46. The number of likely N-dealkylation sites (tertiary alicyclic amines) is 1. The van der Waals surface area contributed by atoms with Gasteiger partial charge in [0.25, 0.3) is 0 Å². The van der Waals surface area contributed by atoms with Crippen LogP contribution in [0.1, 0.15) is 50.2 Å². The number of benzene rings is 2. The number of alkyl carbamates (subject to hydrolysis) is 1. The molecule has 2 N–H and O–H groups in total. The Morgan fingerprint density at radius 1 is 1.06 bits per heavy atom. The van der Waals surface area contributed by atoms with Gasteiger partial charge >= 0.3 is 12.1 Å². The van der Waals surface area contributed by atoms with Gasteiger partial charge in [0.15, 0.2) is 0 Å². The molecule has 0 unspecified atom stereocenters. The molecule has 7 heteroatoms. The molecule has 174 valence electrons. The van der Waals surface area contributed by atoms with E-state index in [4.69, 9.17) is 4.74 Å². The number of carboxylic acids is 1. The molecule has 33 heavy (non-hydrogen) atoms. The van der Waals surface area contributed by atoms with Crippen LogP contribution in [0.2, 0.25) is 0 Å². The van der Waals surface area contributed by atoms with Crippen molar-refractivity contribution in [3.63, 3.8) is 0 Å². The van der Waals surface area contributed by atoms with Gasteiger partial charge < -0.3 is 20.1 Å². The van der Waals surface area contributed by atoms with Crippen LogP contribution in [0, 0.1) is 5.92 Å². The van der Waals surface area contributed by atoms with Gasteiger partial charge in [-0.15, -0.1) is 0 Å². The predicted octanol–water partition coefficient (Wildman–Crippen LogP) is 4.02. The monoisotopic (exact) mass is 450 g/mol. The average molecular weight is 451 g/mol. The van der Waals surface area contributed by atoms with E-state index in [2.05, 4.69) is 29.6 Å². The van der Waals surface area contributed by atoms with Crippen LogP contribution in [-0.4, -0.2) is 53.2 Å². The smallest absolute Gasteiger partial charge is 0.407 e. The molecular formula is C26H30N2O5. The summed E-state index contributed by atoms with van der Waals surface area (Å²) in [5.74, 6) is -1.28. The van der Waals surface area contributed by atoms with Crippen LogP contribution >= 0.6 is 0 Å². The largest absolute Gasteiger partial charge is 0.480 e. The van der Waals surface area contributed by atoms with Crippen molar-refractivity contribution in [3.8, 4) is 11.1 Å². The molecule has 0 bridgehead atoms. The molecule has 7 nitrogen and oxygen atoms in total. The Balaban J connectivity index is 1.38. The number of aliphatic carboxylic acids is 1. The Labute approximate surface area is 193 Å². The third kappa shape index (κ3) is 4.72. The summed E-state index contributed by atoms with van der Waals surface area (Å²) in [7, 11) is 0. The highest BCUT2D eigenvalue weighted by Gasteiger charge is 2.35. The minimum atomic E-state index is -0.980. The molecule has 1 aliphatic carbocycles. The zero-order valence-corrected chi connectivity index (χ0v) is 19.0. The standard InChI is InChI=1S/C26H30N2O5/c1-16(2)22(14-24(29)28-13-7-12-23(28)25(30)31)27-26(32)33-15-21-19-10-5-3-8-17(19)18-9-4-6-11-20(18)21/h3-6,8-11,16,21-23H,7,12-15H2,1-2H3,(H,27,32)(H,30,31)/t22-,23+/m1/s1. The number of carbonyl (C=O) groups is 3. The van der Waals surface area contributed by atoms with Crippen molar-refractivity contribution in [2.75, 3.05) is 13.2 Å². The second kappa shape index (κ2) is 9.65. The van der Waals surface area contributed by atoms with Gasteiger partial charge in [0.05, 0.1) is 0 Å². The molecule has 2 aliphatic rings. The number of carbonyl (C=O) groups excluding carboxylic acids is 2. The number of rotatable bonds is 7. The number of ether oxygens (including phenoxy) is 1. The molecule has 4 rings (SSSR count). The van der Waals surface area contributed by atoms with Gasteiger partial charge in [0, 0.05) is 24.9 Å². The number of hydrogen-bond acceptors (Lipinski definition) is 4. The van der Waals surface area contributed by atoms with E-state index in [0.29, 0.717) is 19.4 Å². The highest BCUT2D eigenvalue weighted by molar-refractivity contribution is 5.85. The van der Waals surface area contributed by atoms with E-state index >= 15 is 0 Å². The molecule has 0 radical (unpaired) electrons. The summed E-state index contributed by atoms with van der Waals surface area (Å²) >= 11 is 0. The highest BCUT2D eigenvalue weighted by atomic mass is 16.5. The van der Waals surface area contributed by atoms with Gasteiger partial charge in [0.1, 0.15) is 12.6 Å². The van der Waals surface area contributed by atoms with Crippen molar-refractivity contribution in [2.45, 2.75) is 51.1 Å². The molecule has 2 aromatic carbocycles. The van der Waals surface area contributed by atoms with Gasteiger partial charge in [-0.05, 0) is 41.0 Å². The van der Waals surface area contributed by atoms with Crippen LogP contribution in [0.5, 0.6) is 0 Å². The van der Waals surface area contributed by atoms with Crippen molar-refractivity contribution < 1.29 is 24.2 Å². The van der Waals surface area contributed by atoms with Gasteiger partial charge in [-0.2, -0.15) is 0 Å². The lowest BCUT2D eigenvalue weighted by molar-refractivity contribution is -0.148. The summed E-state index contributed by atoms with van der Waals surface area (Å²) in [6.45, 7) is 4.47. The molecule has 0 saturated carbocycles. The summed E-state index contributed by atoms with van der Waals surface area (Å²) < 4.78 is 5.62. The van der Waals surface area contributed by atoms with Crippen molar-refractivity contribution >= 4 is 18.0 Å². The number of nitrogens with zero attached hydrogens (tertiary/aromatic N) is 1. The van der Waals surface area contributed by atoms with Crippen molar-refractivity contribution in [3.05, 3.63) is 59.7 Å². The lowest BCUT2D eigenvalue weighted by Gasteiger charge is -2.27. The molecule has 1 saturated heterocycles. The molecular weight excluding hydrogens is 420 g/mol. The summed E-state index contributed by atoms with van der Waals surface area (Å²) in [5.41, 5.74) is 4.59. The first-order valence-corrected chi connectivity index (χ1v) is 11.5. The molecule has 1 fully saturated rings. The predicted molar refractivity (Wildman–Crippen MR) is 124 cm³/mol. The van der Waals surface area contributed by atoms with Gasteiger partial charge in [0.2, 0.25) is 5.91 Å². The quantitative estimate of drug-likeness (QED) is 0.664. The lowest BCUT2D eigenvalue weighted by atomic mass is 9.98. The first kappa shape index (κ1) is 22.8. The maximum Gasteiger partial charge on any atom is 0.407 e. The fourth-order valence-electron chi connectivity index (χ4n) is 4.87. The van der Waals surface area contributed by atoms with Crippen LogP contribution in [0.4, 0.5) is 4.79 Å². The van der Waals surface area contributed by atoms with Crippen LogP contribution < -0.4 is 5.32 Å². The van der Waals surface area contributed by atoms with E-state index in [-0.39, 0.29) is 30.8 Å². The zero-order chi connectivity index (χ0) is 23.5. The van der Waals surface area contributed by atoms with Crippen LogP contribution in [0.15, 0.2) is 48.5 Å². The molecule has 2 atom stereocenters. The first-order chi connectivity index (χ1) is 15.9. The summed E-state index contributed by atoms with van der Waals surface area (Å²) in [4.78, 5) is 38.3. The van der Waals surface area contributed by atoms with E-state index in [0.717, 1.165) is 22.3 Å². The number of carboxylic acid groups (broad SMARTS) is 1. The maximum atomic E-state index is 12.8. The minimum absolute atomic E-state index is 0.0136. The number of hydrogen-bond donors (Lipinski definition) is 2. The Morgan fingerprint density at radius 3 is 2.24 bits per heavy atom. The van der Waals surface area contributed by atoms with E-state index in [1.165, 1.54) is 4.90 Å². The fourth-order valence-corrected chi connectivity index (χ4v) is 4.87. The number of nitrogens with one attached hydrogen (secondary N) is 1. The van der Waals surface area contributed by atoms with E-state index in [1.807, 2.05) is 38.1 Å². The summed E-state index contributed by atoms with van der Waals surface area (Å²) in [5, 5.41) is 12.2. The Bertz CT molecular complexity index is 1000. The van der Waals surface area contributed by atoms with Crippen molar-refractivity contribution in [2.24, 2.45) is 5.92 Å². The van der Waals surface area contributed by atoms with Crippen molar-refractivity contribution in [1.82, 2.24) is 10.2 Å². The van der Waals surface area contributed by atoms with Crippen LogP contribution in [-0.2, 0) is 14.3 Å². The Morgan fingerprint density at radius 2 is 1.67 bits per heavy atom. The molecule has 1 heterocycles. The van der Waals surface area contributed by atoms with Gasteiger partial charge in [-0.1, -0.05) is 62.4 Å². The average Bonchev–Trinajstić information content (AvgIpc) is 3.41. The first-order valence-electron chi connectivity index (χ1n) is 11.5.